The van der Waals surface area contributed by atoms with Crippen molar-refractivity contribution in [2.45, 2.75) is 32.4 Å². The number of aliphatic hydroxyl groups is 1. The first-order chi connectivity index (χ1) is 14.8. The molecule has 1 aliphatic rings. The molecule has 0 radical (unpaired) electrons. The quantitative estimate of drug-likeness (QED) is 0.279. The van der Waals surface area contributed by atoms with Crippen LogP contribution in [-0.4, -0.2) is 48.1 Å². The van der Waals surface area contributed by atoms with E-state index in [9.17, 15) is 14.7 Å². The van der Waals surface area contributed by atoms with Crippen LogP contribution in [0.25, 0.3) is 5.76 Å². The van der Waals surface area contributed by atoms with Gasteiger partial charge in [0.2, 0.25) is 0 Å². The van der Waals surface area contributed by atoms with Gasteiger partial charge in [0, 0.05) is 23.7 Å². The Balaban J connectivity index is 2.06. The normalized spacial score (nSPS) is 18.1. The second-order valence-electron chi connectivity index (χ2n) is 7.52. The number of hydrogen-bond donors (Lipinski definition) is 1. The number of halogens is 1. The highest BCUT2D eigenvalue weighted by molar-refractivity contribution is 6.47. The van der Waals surface area contributed by atoms with Crippen LogP contribution in [0.3, 0.4) is 0 Å². The molecule has 3 rings (SSSR count). The zero-order valence-corrected chi connectivity index (χ0v) is 18.6. The van der Waals surface area contributed by atoms with E-state index < -0.39 is 17.7 Å². The molecule has 0 bridgehead atoms. The Kier molecular flexibility index (Phi) is 7.36. The Morgan fingerprint density at radius 3 is 2.58 bits per heavy atom. The van der Waals surface area contributed by atoms with E-state index in [1.807, 2.05) is 13.8 Å². The van der Waals surface area contributed by atoms with Crippen LogP contribution in [0, 0.1) is 0 Å². The molecule has 1 atom stereocenters. The lowest BCUT2D eigenvalue weighted by atomic mass is 9.95. The van der Waals surface area contributed by atoms with Gasteiger partial charge in [0.1, 0.15) is 11.5 Å². The smallest absolute Gasteiger partial charge is 0.295 e. The first kappa shape index (κ1) is 22.8. The molecular formula is C24H26ClNO5. The minimum absolute atomic E-state index is 0.0103. The Hall–Kier alpha value is -2.83. The lowest BCUT2D eigenvalue weighted by molar-refractivity contribution is -0.140. The molecule has 1 aliphatic heterocycles. The molecule has 0 unspecified atom stereocenters. The molecule has 0 saturated carbocycles. The Morgan fingerprint density at radius 1 is 1.16 bits per heavy atom. The SMILES string of the molecule is COc1cccc(C(O)=C2C(=O)C(=O)N(CCCOC(C)C)[C@H]2c2ccccc2Cl)c1. The summed E-state index contributed by atoms with van der Waals surface area (Å²) in [7, 11) is 1.51. The maximum atomic E-state index is 13.0. The molecule has 31 heavy (non-hydrogen) atoms. The summed E-state index contributed by atoms with van der Waals surface area (Å²) in [6.45, 7) is 4.61. The molecular weight excluding hydrogens is 418 g/mol. The molecule has 1 fully saturated rings. The van der Waals surface area contributed by atoms with Gasteiger partial charge in [-0.05, 0) is 44.0 Å². The number of carbonyl (C=O) groups is 2. The molecule has 0 spiro atoms. The first-order valence-corrected chi connectivity index (χ1v) is 10.5. The molecule has 2 aromatic carbocycles. The van der Waals surface area contributed by atoms with Crippen LogP contribution in [0.1, 0.15) is 37.4 Å². The molecule has 7 heteroatoms. The Morgan fingerprint density at radius 2 is 1.90 bits per heavy atom. The fourth-order valence-corrected chi connectivity index (χ4v) is 3.85. The van der Waals surface area contributed by atoms with Crippen molar-refractivity contribution in [3.05, 3.63) is 70.3 Å². The molecule has 1 amide bonds. The average Bonchev–Trinajstić information content (AvgIpc) is 3.01. The number of Topliss-reactive ketones (excluding diaryl/α,β-unsaturated/α-hetero) is 1. The van der Waals surface area contributed by atoms with Crippen LogP contribution in [-0.2, 0) is 14.3 Å². The number of likely N-dealkylation sites (tertiary alicyclic amines) is 1. The summed E-state index contributed by atoms with van der Waals surface area (Å²) in [4.78, 5) is 27.4. The van der Waals surface area contributed by atoms with Crippen molar-refractivity contribution in [2.75, 3.05) is 20.3 Å². The van der Waals surface area contributed by atoms with Crippen LogP contribution in [0.15, 0.2) is 54.1 Å². The summed E-state index contributed by atoms with van der Waals surface area (Å²) in [6, 6.07) is 12.9. The van der Waals surface area contributed by atoms with Crippen LogP contribution in [0.5, 0.6) is 5.75 Å². The van der Waals surface area contributed by atoms with Crippen molar-refractivity contribution in [1.29, 1.82) is 0 Å². The van der Waals surface area contributed by atoms with Gasteiger partial charge in [-0.25, -0.2) is 0 Å². The monoisotopic (exact) mass is 443 g/mol. The summed E-state index contributed by atoms with van der Waals surface area (Å²) < 4.78 is 10.8. The van der Waals surface area contributed by atoms with Gasteiger partial charge in [0.15, 0.2) is 0 Å². The Bertz CT molecular complexity index is 1000. The van der Waals surface area contributed by atoms with E-state index in [2.05, 4.69) is 0 Å². The highest BCUT2D eigenvalue weighted by atomic mass is 35.5. The number of carbonyl (C=O) groups excluding carboxylic acids is 2. The average molecular weight is 444 g/mol. The predicted octanol–water partition coefficient (Wildman–Crippen LogP) is 4.59. The van der Waals surface area contributed by atoms with E-state index in [0.717, 1.165) is 0 Å². The zero-order valence-electron chi connectivity index (χ0n) is 17.8. The number of ketones is 1. The number of amides is 1. The lowest BCUT2D eigenvalue weighted by Gasteiger charge is -2.26. The van der Waals surface area contributed by atoms with Crippen molar-refractivity contribution in [3.63, 3.8) is 0 Å². The third kappa shape index (κ3) is 4.92. The molecule has 1 heterocycles. The fourth-order valence-electron chi connectivity index (χ4n) is 3.61. The lowest BCUT2D eigenvalue weighted by Crippen LogP contribution is -2.31. The number of hydrogen-bond acceptors (Lipinski definition) is 5. The van der Waals surface area contributed by atoms with E-state index in [1.165, 1.54) is 12.0 Å². The minimum atomic E-state index is -0.793. The number of nitrogens with zero attached hydrogens (tertiary/aromatic N) is 1. The third-order valence-electron chi connectivity index (χ3n) is 5.08. The number of benzene rings is 2. The third-order valence-corrected chi connectivity index (χ3v) is 5.42. The molecule has 6 nitrogen and oxygen atoms in total. The highest BCUT2D eigenvalue weighted by Crippen LogP contribution is 2.42. The van der Waals surface area contributed by atoms with Crippen LogP contribution in [0.4, 0.5) is 0 Å². The van der Waals surface area contributed by atoms with Gasteiger partial charge in [-0.2, -0.15) is 0 Å². The number of ether oxygens (including phenoxy) is 2. The van der Waals surface area contributed by atoms with Gasteiger partial charge < -0.3 is 19.5 Å². The highest BCUT2D eigenvalue weighted by Gasteiger charge is 2.46. The second-order valence-corrected chi connectivity index (χ2v) is 7.93. The maximum Gasteiger partial charge on any atom is 0.295 e. The maximum absolute atomic E-state index is 13.0. The van der Waals surface area contributed by atoms with Crippen LogP contribution < -0.4 is 4.74 Å². The van der Waals surface area contributed by atoms with Crippen molar-refractivity contribution >= 4 is 29.1 Å². The van der Waals surface area contributed by atoms with Crippen LogP contribution >= 0.6 is 11.6 Å². The minimum Gasteiger partial charge on any atom is -0.507 e. The van der Waals surface area contributed by atoms with Crippen LogP contribution in [0.2, 0.25) is 5.02 Å². The Labute approximate surface area is 187 Å². The van der Waals surface area contributed by atoms with E-state index in [1.54, 1.807) is 48.5 Å². The zero-order chi connectivity index (χ0) is 22.5. The molecule has 0 aliphatic carbocycles. The molecule has 1 saturated heterocycles. The molecule has 2 aromatic rings. The molecule has 0 aromatic heterocycles. The van der Waals surface area contributed by atoms with E-state index in [-0.39, 0.29) is 17.4 Å². The second kappa shape index (κ2) is 9.98. The number of rotatable bonds is 8. The standard InChI is InChI=1S/C24H26ClNO5/c1-15(2)31-13-7-12-26-21(18-10-4-5-11-19(18)25)20(23(28)24(26)29)22(27)16-8-6-9-17(14-16)30-3/h4-6,8-11,14-15,21,27H,7,12-13H2,1-3H3/t21-/m0/s1. The fraction of sp³-hybridized carbons (Fsp3) is 0.333. The summed E-state index contributed by atoms with van der Waals surface area (Å²) in [5, 5.41) is 11.5. The van der Waals surface area contributed by atoms with Gasteiger partial charge in [0.25, 0.3) is 11.7 Å². The summed E-state index contributed by atoms with van der Waals surface area (Å²) in [5.74, 6) is -1.14. The molecule has 164 valence electrons. The predicted molar refractivity (Wildman–Crippen MR) is 119 cm³/mol. The summed E-state index contributed by atoms with van der Waals surface area (Å²) in [6.07, 6.45) is 0.619. The van der Waals surface area contributed by atoms with Crippen molar-refractivity contribution in [1.82, 2.24) is 4.90 Å². The van der Waals surface area contributed by atoms with Gasteiger partial charge in [-0.3, -0.25) is 9.59 Å². The van der Waals surface area contributed by atoms with Crippen molar-refractivity contribution in [3.8, 4) is 5.75 Å². The van der Waals surface area contributed by atoms with Gasteiger partial charge in [0.05, 0.1) is 24.8 Å². The number of methoxy groups -OCH3 is 1. The van der Waals surface area contributed by atoms with Crippen molar-refractivity contribution in [2.24, 2.45) is 0 Å². The van der Waals surface area contributed by atoms with Gasteiger partial charge >= 0.3 is 0 Å². The van der Waals surface area contributed by atoms with Gasteiger partial charge in [-0.1, -0.05) is 41.9 Å². The van der Waals surface area contributed by atoms with E-state index in [4.69, 9.17) is 21.1 Å². The number of aliphatic hydroxyl groups excluding tert-OH is 1. The van der Waals surface area contributed by atoms with Gasteiger partial charge in [-0.15, -0.1) is 0 Å². The largest absolute Gasteiger partial charge is 0.507 e. The molecule has 1 N–H and O–H groups in total. The van der Waals surface area contributed by atoms with E-state index in [0.29, 0.717) is 41.5 Å². The first-order valence-electron chi connectivity index (χ1n) is 10.1. The van der Waals surface area contributed by atoms with Crippen molar-refractivity contribution < 1.29 is 24.2 Å². The van der Waals surface area contributed by atoms with E-state index >= 15 is 0 Å². The summed E-state index contributed by atoms with van der Waals surface area (Å²) in [5.41, 5.74) is 0.978. The topological polar surface area (TPSA) is 76.1 Å². The summed E-state index contributed by atoms with van der Waals surface area (Å²) >= 11 is 6.43.